The zero-order valence-corrected chi connectivity index (χ0v) is 18.6. The van der Waals surface area contributed by atoms with Crippen LogP contribution in [-0.2, 0) is 22.4 Å². The van der Waals surface area contributed by atoms with E-state index in [0.717, 1.165) is 49.7 Å². The van der Waals surface area contributed by atoms with Crippen LogP contribution >= 0.6 is 0 Å². The third kappa shape index (κ3) is 8.26. The van der Waals surface area contributed by atoms with Crippen molar-refractivity contribution in [2.24, 2.45) is 11.8 Å². The number of Topliss-reactive ketones (excluding diaryl/α,β-unsaturated/α-hetero) is 1. The van der Waals surface area contributed by atoms with Crippen LogP contribution in [-0.4, -0.2) is 44.4 Å². The van der Waals surface area contributed by atoms with E-state index < -0.39 is 18.2 Å². The first-order valence-corrected chi connectivity index (χ1v) is 11.7. The number of phenols is 1. The Hall–Kier alpha value is -1.92. The van der Waals surface area contributed by atoms with Crippen molar-refractivity contribution < 1.29 is 30.0 Å². The Balaban J connectivity index is 1.80. The van der Waals surface area contributed by atoms with Gasteiger partial charge in [0.25, 0.3) is 0 Å². The number of aryl methyl sites for hydroxylation is 1. The fourth-order valence-electron chi connectivity index (χ4n) is 4.77. The fourth-order valence-corrected chi connectivity index (χ4v) is 4.77. The number of hydrogen-bond acceptors (Lipinski definition) is 5. The van der Waals surface area contributed by atoms with Crippen LogP contribution < -0.4 is 0 Å². The summed E-state index contributed by atoms with van der Waals surface area (Å²) in [7, 11) is 0. The predicted octanol–water partition coefficient (Wildman–Crippen LogP) is 4.02. The molecule has 0 saturated heterocycles. The van der Waals surface area contributed by atoms with Crippen molar-refractivity contribution in [3.8, 4) is 5.75 Å². The van der Waals surface area contributed by atoms with E-state index in [9.17, 15) is 24.9 Å². The molecule has 0 bridgehead atoms. The third-order valence-corrected chi connectivity index (χ3v) is 6.46. The second-order valence-corrected chi connectivity index (χ2v) is 9.00. The van der Waals surface area contributed by atoms with Crippen molar-refractivity contribution in [2.45, 2.75) is 96.2 Å². The number of carboxylic acids is 1. The molecule has 1 aliphatic carbocycles. The summed E-state index contributed by atoms with van der Waals surface area (Å²) in [4.78, 5) is 22.9. The number of phenolic OH excluding ortho intramolecular Hbond substituents is 1. The fraction of sp³-hybridized carbons (Fsp3) is 0.680. The number of ketones is 1. The normalized spacial score (nSPS) is 22.0. The van der Waals surface area contributed by atoms with E-state index in [0.29, 0.717) is 31.4 Å². The molecular formula is C25H38O6. The molecular weight excluding hydrogens is 396 g/mol. The standard InChI is InChI=1S/C25H38O6/c1-2-7-18-14-17(10-13-22(18)27)15-19(26)11-12-21-20(23(28)16-24(21)29)8-5-3-4-6-9-25(30)31/h10,13-14,19-21,24,26-27,29H,2-9,11-12,15-16H2,1H3,(H,30,31)/t19-,20+,21+,24+/m0/s1. The van der Waals surface area contributed by atoms with E-state index in [1.807, 2.05) is 12.1 Å². The summed E-state index contributed by atoms with van der Waals surface area (Å²) >= 11 is 0. The lowest BCUT2D eigenvalue weighted by atomic mass is 9.84. The molecule has 0 unspecified atom stereocenters. The molecule has 4 atom stereocenters. The van der Waals surface area contributed by atoms with E-state index >= 15 is 0 Å². The molecule has 4 N–H and O–H groups in total. The Morgan fingerprint density at radius 3 is 2.61 bits per heavy atom. The van der Waals surface area contributed by atoms with Gasteiger partial charge in [-0.2, -0.15) is 0 Å². The molecule has 1 aliphatic rings. The maximum absolute atomic E-state index is 12.3. The number of unbranched alkanes of at least 4 members (excludes halogenated alkanes) is 3. The average molecular weight is 435 g/mol. The zero-order chi connectivity index (χ0) is 22.8. The minimum atomic E-state index is -0.776. The van der Waals surface area contributed by atoms with Crippen molar-refractivity contribution in [3.05, 3.63) is 29.3 Å². The van der Waals surface area contributed by atoms with Crippen molar-refractivity contribution in [1.82, 2.24) is 0 Å². The molecule has 0 aromatic heterocycles. The van der Waals surface area contributed by atoms with Crippen molar-refractivity contribution in [3.63, 3.8) is 0 Å². The molecule has 1 fully saturated rings. The molecule has 0 aliphatic heterocycles. The molecule has 1 saturated carbocycles. The molecule has 0 heterocycles. The van der Waals surface area contributed by atoms with Gasteiger partial charge >= 0.3 is 5.97 Å². The van der Waals surface area contributed by atoms with Crippen LogP contribution in [0.25, 0.3) is 0 Å². The highest BCUT2D eigenvalue weighted by atomic mass is 16.4. The molecule has 6 nitrogen and oxygen atoms in total. The molecule has 2 rings (SSSR count). The first-order chi connectivity index (χ1) is 14.8. The predicted molar refractivity (Wildman–Crippen MR) is 119 cm³/mol. The smallest absolute Gasteiger partial charge is 0.303 e. The number of benzene rings is 1. The van der Waals surface area contributed by atoms with Crippen LogP contribution in [0.2, 0.25) is 0 Å². The first kappa shape index (κ1) is 25.3. The van der Waals surface area contributed by atoms with Crippen LogP contribution in [0.1, 0.15) is 82.3 Å². The molecule has 174 valence electrons. The van der Waals surface area contributed by atoms with Gasteiger partial charge < -0.3 is 20.4 Å². The average Bonchev–Trinajstić information content (AvgIpc) is 2.98. The first-order valence-electron chi connectivity index (χ1n) is 11.7. The second-order valence-electron chi connectivity index (χ2n) is 9.00. The van der Waals surface area contributed by atoms with Gasteiger partial charge in [-0.1, -0.05) is 44.7 Å². The highest BCUT2D eigenvalue weighted by Crippen LogP contribution is 2.36. The van der Waals surface area contributed by atoms with Crippen molar-refractivity contribution in [2.75, 3.05) is 0 Å². The maximum Gasteiger partial charge on any atom is 0.303 e. The zero-order valence-electron chi connectivity index (χ0n) is 18.6. The summed E-state index contributed by atoms with van der Waals surface area (Å²) in [5, 5.41) is 39.5. The van der Waals surface area contributed by atoms with Crippen LogP contribution in [0.4, 0.5) is 0 Å². The number of aliphatic hydroxyl groups excluding tert-OH is 2. The van der Waals surface area contributed by atoms with Gasteiger partial charge in [-0.3, -0.25) is 9.59 Å². The summed E-state index contributed by atoms with van der Waals surface area (Å²) in [6, 6.07) is 5.46. The van der Waals surface area contributed by atoms with E-state index in [2.05, 4.69) is 6.92 Å². The Kier molecular flexibility index (Phi) is 10.5. The SMILES string of the molecule is CCCc1cc(C[C@@H](O)CC[C@H]2[C@H](O)CC(=O)[C@@H]2CCCCCCC(=O)O)ccc1O. The molecule has 0 amide bonds. The number of aliphatic carboxylic acids is 1. The highest BCUT2D eigenvalue weighted by Gasteiger charge is 2.40. The van der Waals surface area contributed by atoms with Crippen molar-refractivity contribution >= 4 is 11.8 Å². The summed E-state index contributed by atoms with van der Waals surface area (Å²) in [5.74, 6) is -0.650. The number of rotatable bonds is 14. The van der Waals surface area contributed by atoms with Gasteiger partial charge in [-0.15, -0.1) is 0 Å². The largest absolute Gasteiger partial charge is 0.508 e. The van der Waals surface area contributed by atoms with E-state index in [4.69, 9.17) is 5.11 Å². The second kappa shape index (κ2) is 12.8. The quantitative estimate of drug-likeness (QED) is 0.329. The number of hydrogen-bond donors (Lipinski definition) is 4. The van der Waals surface area contributed by atoms with Gasteiger partial charge in [0.1, 0.15) is 11.5 Å². The Bertz CT molecular complexity index is 716. The molecule has 0 radical (unpaired) electrons. The number of carbonyl (C=O) groups excluding carboxylic acids is 1. The highest BCUT2D eigenvalue weighted by molar-refractivity contribution is 5.84. The van der Waals surface area contributed by atoms with Gasteiger partial charge in [0.15, 0.2) is 0 Å². The Morgan fingerprint density at radius 1 is 1.16 bits per heavy atom. The lowest BCUT2D eigenvalue weighted by molar-refractivity contribution is -0.137. The monoisotopic (exact) mass is 434 g/mol. The molecule has 6 heteroatoms. The summed E-state index contributed by atoms with van der Waals surface area (Å²) in [5.41, 5.74) is 1.88. The van der Waals surface area contributed by atoms with Gasteiger partial charge in [0, 0.05) is 18.8 Å². The topological polar surface area (TPSA) is 115 Å². The molecule has 1 aromatic carbocycles. The Morgan fingerprint density at radius 2 is 1.90 bits per heavy atom. The van der Waals surface area contributed by atoms with Crippen molar-refractivity contribution in [1.29, 1.82) is 0 Å². The van der Waals surface area contributed by atoms with Gasteiger partial charge in [-0.25, -0.2) is 0 Å². The van der Waals surface area contributed by atoms with E-state index in [1.54, 1.807) is 6.07 Å². The molecule has 1 aromatic rings. The number of aromatic hydroxyl groups is 1. The van der Waals surface area contributed by atoms with Gasteiger partial charge in [0.05, 0.1) is 12.2 Å². The lowest BCUT2D eigenvalue weighted by Gasteiger charge is -2.22. The summed E-state index contributed by atoms with van der Waals surface area (Å²) < 4.78 is 0. The minimum Gasteiger partial charge on any atom is -0.508 e. The maximum atomic E-state index is 12.3. The minimum absolute atomic E-state index is 0.111. The third-order valence-electron chi connectivity index (χ3n) is 6.46. The molecule has 31 heavy (non-hydrogen) atoms. The number of aliphatic hydroxyl groups is 2. The van der Waals surface area contributed by atoms with Gasteiger partial charge in [0.2, 0.25) is 0 Å². The van der Waals surface area contributed by atoms with Crippen LogP contribution in [0.15, 0.2) is 18.2 Å². The van der Waals surface area contributed by atoms with E-state index in [-0.39, 0.29) is 30.5 Å². The van der Waals surface area contributed by atoms with Crippen LogP contribution in [0.5, 0.6) is 5.75 Å². The number of carboxylic acid groups (broad SMARTS) is 1. The molecule has 0 spiro atoms. The Labute approximate surface area is 185 Å². The lowest BCUT2D eigenvalue weighted by Crippen LogP contribution is -2.23. The summed E-state index contributed by atoms with van der Waals surface area (Å²) in [6.07, 6.45) is 6.51. The summed E-state index contributed by atoms with van der Waals surface area (Å²) in [6.45, 7) is 2.06. The van der Waals surface area contributed by atoms with Gasteiger partial charge in [-0.05, 0) is 61.6 Å². The van der Waals surface area contributed by atoms with Crippen LogP contribution in [0.3, 0.4) is 0 Å². The van der Waals surface area contributed by atoms with Crippen LogP contribution in [0, 0.1) is 11.8 Å². The number of carbonyl (C=O) groups is 2. The van der Waals surface area contributed by atoms with E-state index in [1.165, 1.54) is 0 Å².